The van der Waals surface area contributed by atoms with Gasteiger partial charge in [0.05, 0.1) is 17.8 Å². The molecule has 3 aromatic heterocycles. The van der Waals surface area contributed by atoms with Gasteiger partial charge < -0.3 is 9.30 Å². The van der Waals surface area contributed by atoms with Crippen LogP contribution in [0.25, 0.3) is 5.65 Å². The third kappa shape index (κ3) is 3.29. The average Bonchev–Trinajstić information content (AvgIpc) is 3.23. The summed E-state index contributed by atoms with van der Waals surface area (Å²) in [7, 11) is 0. The second-order valence-corrected chi connectivity index (χ2v) is 6.88. The van der Waals surface area contributed by atoms with Crippen LogP contribution in [0, 0.1) is 12.8 Å². The van der Waals surface area contributed by atoms with Crippen molar-refractivity contribution in [3.05, 3.63) is 53.7 Å². The highest BCUT2D eigenvalue weighted by molar-refractivity contribution is 5.79. The van der Waals surface area contributed by atoms with E-state index in [1.807, 2.05) is 46.7 Å². The lowest BCUT2D eigenvalue weighted by molar-refractivity contribution is -0.132. The molecular formula is C19H23N5O. The number of carbonyl (C=O) groups is 1. The molecule has 0 aromatic carbocycles. The number of pyridine rings is 1. The summed E-state index contributed by atoms with van der Waals surface area (Å²) in [4.78, 5) is 19.5. The fourth-order valence-corrected chi connectivity index (χ4v) is 3.80. The van der Waals surface area contributed by atoms with E-state index >= 15 is 0 Å². The van der Waals surface area contributed by atoms with Crippen LogP contribution in [0.5, 0.6) is 0 Å². The largest absolute Gasteiger partial charge is 0.342 e. The molecule has 0 aliphatic carbocycles. The Balaban J connectivity index is 1.46. The van der Waals surface area contributed by atoms with Gasteiger partial charge in [-0.2, -0.15) is 5.10 Å². The Morgan fingerprint density at radius 1 is 1.36 bits per heavy atom. The van der Waals surface area contributed by atoms with Gasteiger partial charge in [-0.3, -0.25) is 9.89 Å². The predicted octanol–water partition coefficient (Wildman–Crippen LogP) is 2.39. The molecule has 0 spiro atoms. The molecule has 1 fully saturated rings. The lowest BCUT2D eigenvalue weighted by Crippen LogP contribution is -2.41. The number of aromatic amines is 1. The molecule has 4 rings (SSSR count). The number of hydrogen-bond acceptors (Lipinski definition) is 3. The molecule has 25 heavy (non-hydrogen) atoms. The predicted molar refractivity (Wildman–Crippen MR) is 95.2 cm³/mol. The Kier molecular flexibility index (Phi) is 4.26. The molecule has 1 atom stereocenters. The Morgan fingerprint density at radius 2 is 2.28 bits per heavy atom. The van der Waals surface area contributed by atoms with Crippen molar-refractivity contribution in [2.75, 3.05) is 13.1 Å². The first kappa shape index (κ1) is 15.9. The molecule has 0 saturated carbocycles. The molecule has 1 saturated heterocycles. The average molecular weight is 337 g/mol. The van der Waals surface area contributed by atoms with Crippen molar-refractivity contribution in [1.82, 2.24) is 24.5 Å². The fourth-order valence-electron chi connectivity index (χ4n) is 3.80. The zero-order valence-electron chi connectivity index (χ0n) is 14.5. The summed E-state index contributed by atoms with van der Waals surface area (Å²) in [5.41, 5.74) is 3.98. The highest BCUT2D eigenvalue weighted by atomic mass is 16.2. The van der Waals surface area contributed by atoms with E-state index < -0.39 is 0 Å². The number of amides is 1. The van der Waals surface area contributed by atoms with Crippen molar-refractivity contribution < 1.29 is 4.79 Å². The first-order valence-corrected chi connectivity index (χ1v) is 8.89. The standard InChI is InChI=1S/C19H23N5O/c1-14-17(24-10-3-2-6-18(24)21-14)12-19(25)23-9-4-5-15(13-23)11-16-7-8-20-22-16/h2-3,6-8,10,15H,4-5,9,11-13H2,1H3,(H,20,22)/t15-/m1/s1. The van der Waals surface area contributed by atoms with Crippen molar-refractivity contribution in [2.45, 2.75) is 32.6 Å². The smallest absolute Gasteiger partial charge is 0.228 e. The fraction of sp³-hybridized carbons (Fsp3) is 0.421. The van der Waals surface area contributed by atoms with Crippen LogP contribution < -0.4 is 0 Å². The minimum absolute atomic E-state index is 0.197. The highest BCUT2D eigenvalue weighted by Gasteiger charge is 2.25. The van der Waals surface area contributed by atoms with Gasteiger partial charge in [0.25, 0.3) is 0 Å². The van der Waals surface area contributed by atoms with Crippen LogP contribution in [0.4, 0.5) is 0 Å². The molecule has 130 valence electrons. The molecule has 1 amide bonds. The molecule has 1 aliphatic heterocycles. The number of nitrogens with zero attached hydrogens (tertiary/aromatic N) is 4. The molecule has 1 N–H and O–H groups in total. The Hall–Kier alpha value is -2.63. The maximum absolute atomic E-state index is 12.9. The van der Waals surface area contributed by atoms with Gasteiger partial charge in [0, 0.05) is 31.2 Å². The number of fused-ring (bicyclic) bond motifs is 1. The molecule has 6 heteroatoms. The second-order valence-electron chi connectivity index (χ2n) is 6.88. The maximum atomic E-state index is 12.9. The van der Waals surface area contributed by atoms with E-state index in [9.17, 15) is 4.79 Å². The second kappa shape index (κ2) is 6.70. The van der Waals surface area contributed by atoms with Crippen LogP contribution in [-0.2, 0) is 17.6 Å². The van der Waals surface area contributed by atoms with Crippen molar-refractivity contribution in [3.8, 4) is 0 Å². The van der Waals surface area contributed by atoms with E-state index in [4.69, 9.17) is 0 Å². The Morgan fingerprint density at radius 3 is 3.12 bits per heavy atom. The third-order valence-corrected chi connectivity index (χ3v) is 5.09. The van der Waals surface area contributed by atoms with Gasteiger partial charge in [0.15, 0.2) is 0 Å². The van der Waals surface area contributed by atoms with E-state index in [0.717, 1.165) is 55.1 Å². The summed E-state index contributed by atoms with van der Waals surface area (Å²) < 4.78 is 2.03. The van der Waals surface area contributed by atoms with Gasteiger partial charge in [-0.05, 0) is 50.3 Å². The number of nitrogens with one attached hydrogen (secondary N) is 1. The number of hydrogen-bond donors (Lipinski definition) is 1. The van der Waals surface area contributed by atoms with Crippen molar-refractivity contribution in [1.29, 1.82) is 0 Å². The SMILES string of the molecule is Cc1nc2ccccn2c1CC(=O)N1CCC[C@H](Cc2ccn[nH]2)C1. The number of aromatic nitrogens is 4. The summed E-state index contributed by atoms with van der Waals surface area (Å²) in [5, 5.41) is 7.04. The van der Waals surface area contributed by atoms with Crippen molar-refractivity contribution in [2.24, 2.45) is 5.92 Å². The zero-order valence-corrected chi connectivity index (χ0v) is 14.5. The highest BCUT2D eigenvalue weighted by Crippen LogP contribution is 2.21. The summed E-state index contributed by atoms with van der Waals surface area (Å²) in [5.74, 6) is 0.699. The van der Waals surface area contributed by atoms with Crippen molar-refractivity contribution in [3.63, 3.8) is 0 Å². The number of carbonyl (C=O) groups excluding carboxylic acids is 1. The molecule has 0 radical (unpaired) electrons. The minimum Gasteiger partial charge on any atom is -0.342 e. The summed E-state index contributed by atoms with van der Waals surface area (Å²) >= 11 is 0. The first-order valence-electron chi connectivity index (χ1n) is 8.89. The van der Waals surface area contributed by atoms with Crippen LogP contribution >= 0.6 is 0 Å². The maximum Gasteiger partial charge on any atom is 0.228 e. The number of imidazole rings is 1. The zero-order chi connectivity index (χ0) is 17.2. The Bertz CT molecular complexity index is 867. The van der Waals surface area contributed by atoms with E-state index in [1.165, 1.54) is 0 Å². The van der Waals surface area contributed by atoms with Crippen LogP contribution in [-0.4, -0.2) is 43.5 Å². The summed E-state index contributed by atoms with van der Waals surface area (Å²) in [6, 6.07) is 7.94. The number of piperidine rings is 1. The lowest BCUT2D eigenvalue weighted by Gasteiger charge is -2.32. The normalized spacial score (nSPS) is 18.0. The lowest BCUT2D eigenvalue weighted by atomic mass is 9.93. The number of rotatable bonds is 4. The van der Waals surface area contributed by atoms with Gasteiger partial charge in [0.1, 0.15) is 5.65 Å². The van der Waals surface area contributed by atoms with Crippen molar-refractivity contribution >= 4 is 11.6 Å². The van der Waals surface area contributed by atoms with Crippen LogP contribution in [0.3, 0.4) is 0 Å². The molecule has 4 heterocycles. The van der Waals surface area contributed by atoms with Crippen LogP contribution in [0.1, 0.15) is 29.9 Å². The van der Waals surface area contributed by atoms with Crippen LogP contribution in [0.15, 0.2) is 36.7 Å². The first-order chi connectivity index (χ1) is 12.2. The topological polar surface area (TPSA) is 66.3 Å². The van der Waals surface area contributed by atoms with Gasteiger partial charge >= 0.3 is 0 Å². The van der Waals surface area contributed by atoms with E-state index in [2.05, 4.69) is 15.2 Å². The number of aryl methyl sites for hydroxylation is 1. The molecule has 0 bridgehead atoms. The molecule has 3 aromatic rings. The van der Waals surface area contributed by atoms with E-state index in [0.29, 0.717) is 12.3 Å². The molecule has 6 nitrogen and oxygen atoms in total. The van der Waals surface area contributed by atoms with Gasteiger partial charge in [-0.15, -0.1) is 0 Å². The Labute approximate surface area is 146 Å². The summed E-state index contributed by atoms with van der Waals surface area (Å²) in [6.07, 6.45) is 7.37. The molecule has 0 unspecified atom stereocenters. The molecular weight excluding hydrogens is 314 g/mol. The van der Waals surface area contributed by atoms with E-state index in [1.54, 1.807) is 6.20 Å². The number of H-pyrrole nitrogens is 1. The quantitative estimate of drug-likeness (QED) is 0.795. The molecule has 1 aliphatic rings. The van der Waals surface area contributed by atoms with E-state index in [-0.39, 0.29) is 5.91 Å². The monoisotopic (exact) mass is 337 g/mol. The van der Waals surface area contributed by atoms with Gasteiger partial charge in [-0.25, -0.2) is 4.98 Å². The number of likely N-dealkylation sites (tertiary alicyclic amines) is 1. The summed E-state index contributed by atoms with van der Waals surface area (Å²) in [6.45, 7) is 3.66. The third-order valence-electron chi connectivity index (χ3n) is 5.09. The van der Waals surface area contributed by atoms with Gasteiger partial charge in [-0.1, -0.05) is 6.07 Å². The minimum atomic E-state index is 0.197. The van der Waals surface area contributed by atoms with Crippen LogP contribution in [0.2, 0.25) is 0 Å². The van der Waals surface area contributed by atoms with Gasteiger partial charge in [0.2, 0.25) is 5.91 Å².